The van der Waals surface area contributed by atoms with Crippen LogP contribution in [0.5, 0.6) is 0 Å². The lowest BCUT2D eigenvalue weighted by Gasteiger charge is -2.34. The fourth-order valence-corrected chi connectivity index (χ4v) is 3.49. The molecule has 2 heterocycles. The summed E-state index contributed by atoms with van der Waals surface area (Å²) in [4.78, 5) is 30.7. The Bertz CT molecular complexity index is 829. The van der Waals surface area contributed by atoms with E-state index < -0.39 is 6.09 Å². The van der Waals surface area contributed by atoms with Crippen molar-refractivity contribution >= 4 is 17.7 Å². The molecule has 0 atom stereocenters. The number of primary amides is 1. The molecule has 2 amide bonds. The number of benzene rings is 1. The monoisotopic (exact) mass is 387 g/mol. The van der Waals surface area contributed by atoms with Crippen LogP contribution in [-0.2, 0) is 4.79 Å². The maximum absolute atomic E-state index is 12.0. The quantitative estimate of drug-likeness (QED) is 0.745. The van der Waals surface area contributed by atoms with Gasteiger partial charge in [-0.1, -0.05) is 17.3 Å². The molecule has 1 aliphatic rings. The van der Waals surface area contributed by atoms with Gasteiger partial charge in [0.2, 0.25) is 5.91 Å². The summed E-state index contributed by atoms with van der Waals surface area (Å²) in [6.07, 6.45) is 1.07. The number of piperidine rings is 1. The van der Waals surface area contributed by atoms with Crippen LogP contribution in [0.4, 0.5) is 10.5 Å². The van der Waals surface area contributed by atoms with Gasteiger partial charge in [0.05, 0.1) is 11.3 Å². The zero-order valence-corrected chi connectivity index (χ0v) is 15.9. The Morgan fingerprint density at radius 1 is 1.32 bits per heavy atom. The number of para-hydroxylation sites is 1. The first-order valence-corrected chi connectivity index (χ1v) is 9.35. The van der Waals surface area contributed by atoms with E-state index in [2.05, 4.69) is 15.0 Å². The lowest BCUT2D eigenvalue weighted by molar-refractivity contribution is -0.118. The number of carbonyl (C=O) groups is 2. The molecular formula is C19H25N5O4. The molecule has 1 aromatic heterocycles. The van der Waals surface area contributed by atoms with Crippen molar-refractivity contribution in [3.05, 3.63) is 30.1 Å². The van der Waals surface area contributed by atoms with Crippen LogP contribution >= 0.6 is 0 Å². The predicted molar refractivity (Wildman–Crippen MR) is 103 cm³/mol. The highest BCUT2D eigenvalue weighted by molar-refractivity contribution is 5.91. The number of rotatable bonds is 7. The highest BCUT2D eigenvalue weighted by Gasteiger charge is 2.27. The predicted octanol–water partition coefficient (Wildman–Crippen LogP) is 2.12. The Kier molecular flexibility index (Phi) is 6.25. The summed E-state index contributed by atoms with van der Waals surface area (Å²) < 4.78 is 5.25. The number of carboxylic acid groups (broad SMARTS) is 1. The van der Waals surface area contributed by atoms with Crippen molar-refractivity contribution in [1.29, 1.82) is 0 Å². The molecule has 0 unspecified atom stereocenters. The summed E-state index contributed by atoms with van der Waals surface area (Å²) in [5.74, 6) is 0.737. The minimum absolute atomic E-state index is 0.235. The highest BCUT2D eigenvalue weighted by Crippen LogP contribution is 2.31. The molecule has 1 aliphatic heterocycles. The van der Waals surface area contributed by atoms with Crippen LogP contribution in [0.2, 0.25) is 0 Å². The number of likely N-dealkylation sites (tertiary alicyclic amines) is 1. The van der Waals surface area contributed by atoms with E-state index in [1.807, 2.05) is 6.07 Å². The Labute approximate surface area is 163 Å². The van der Waals surface area contributed by atoms with Crippen molar-refractivity contribution < 1.29 is 19.2 Å². The van der Waals surface area contributed by atoms with Crippen LogP contribution in [-0.4, -0.2) is 58.3 Å². The fraction of sp³-hybridized carbons (Fsp3) is 0.474. The van der Waals surface area contributed by atoms with Gasteiger partial charge in [0.25, 0.3) is 5.89 Å². The summed E-state index contributed by atoms with van der Waals surface area (Å²) >= 11 is 0. The summed E-state index contributed by atoms with van der Waals surface area (Å²) in [6.45, 7) is 4.43. The molecule has 0 saturated carbocycles. The van der Waals surface area contributed by atoms with E-state index in [1.165, 1.54) is 4.90 Å². The highest BCUT2D eigenvalue weighted by atomic mass is 16.5. The van der Waals surface area contributed by atoms with Gasteiger partial charge in [-0.2, -0.15) is 4.98 Å². The molecule has 2 aromatic rings. The summed E-state index contributed by atoms with van der Waals surface area (Å²) in [5.41, 5.74) is 6.35. The number of amides is 2. The zero-order valence-electron chi connectivity index (χ0n) is 15.9. The molecule has 0 bridgehead atoms. The van der Waals surface area contributed by atoms with E-state index in [9.17, 15) is 14.7 Å². The number of nitrogens with zero attached hydrogens (tertiary/aromatic N) is 4. The van der Waals surface area contributed by atoms with Gasteiger partial charge in [-0.15, -0.1) is 0 Å². The lowest BCUT2D eigenvalue weighted by Crippen LogP contribution is -2.41. The third-order valence-corrected chi connectivity index (χ3v) is 5.01. The minimum atomic E-state index is -1.01. The first-order chi connectivity index (χ1) is 13.4. The molecule has 3 N–H and O–H groups in total. The van der Waals surface area contributed by atoms with Gasteiger partial charge in [0, 0.05) is 19.5 Å². The van der Waals surface area contributed by atoms with Crippen molar-refractivity contribution in [2.45, 2.75) is 26.2 Å². The largest absolute Gasteiger partial charge is 0.465 e. The third kappa shape index (κ3) is 4.86. The Morgan fingerprint density at radius 2 is 2.04 bits per heavy atom. The summed E-state index contributed by atoms with van der Waals surface area (Å²) in [6, 6.07) is 7.15. The number of hydrogen-bond donors (Lipinski definition) is 2. The molecule has 1 saturated heterocycles. The van der Waals surface area contributed by atoms with Gasteiger partial charge >= 0.3 is 6.09 Å². The maximum Gasteiger partial charge on any atom is 0.411 e. The summed E-state index contributed by atoms with van der Waals surface area (Å²) in [7, 11) is 0. The first kappa shape index (κ1) is 19.8. The van der Waals surface area contributed by atoms with Crippen molar-refractivity contribution in [3.63, 3.8) is 0 Å². The molecule has 3 rings (SSSR count). The van der Waals surface area contributed by atoms with Crippen LogP contribution < -0.4 is 10.6 Å². The fourth-order valence-electron chi connectivity index (χ4n) is 3.49. The van der Waals surface area contributed by atoms with Crippen LogP contribution in [0, 0.1) is 12.8 Å². The van der Waals surface area contributed by atoms with Crippen LogP contribution in [0.1, 0.15) is 25.1 Å². The minimum Gasteiger partial charge on any atom is -0.465 e. The van der Waals surface area contributed by atoms with E-state index in [0.717, 1.165) is 25.9 Å². The van der Waals surface area contributed by atoms with E-state index >= 15 is 0 Å². The molecule has 0 radical (unpaired) electrons. The second kappa shape index (κ2) is 8.83. The van der Waals surface area contributed by atoms with Crippen molar-refractivity contribution in [2.24, 2.45) is 11.7 Å². The number of aryl methyl sites for hydroxylation is 1. The van der Waals surface area contributed by atoms with E-state index in [0.29, 0.717) is 42.5 Å². The standard InChI is InChI=1S/C19H25N5O4/c1-13-21-18(28-22-13)15-4-2-3-5-16(15)24(19(26)27)12-14-6-9-23(10-7-14)11-8-17(20)25/h2-5,14H,6-12H2,1H3,(H2,20,25)(H,26,27). The average Bonchev–Trinajstić information content (AvgIpc) is 3.11. The van der Waals surface area contributed by atoms with Crippen LogP contribution in [0.15, 0.2) is 28.8 Å². The molecule has 0 aliphatic carbocycles. The molecule has 1 aromatic carbocycles. The Balaban J connectivity index is 1.70. The van der Waals surface area contributed by atoms with Gasteiger partial charge < -0.3 is 20.3 Å². The normalized spacial score (nSPS) is 15.5. The molecular weight excluding hydrogens is 362 g/mol. The molecule has 150 valence electrons. The molecule has 1 fully saturated rings. The van der Waals surface area contributed by atoms with Gasteiger partial charge in [-0.25, -0.2) is 4.79 Å². The zero-order chi connectivity index (χ0) is 20.1. The summed E-state index contributed by atoms with van der Waals surface area (Å²) in [5, 5.41) is 13.6. The van der Waals surface area contributed by atoms with Gasteiger partial charge in [-0.3, -0.25) is 9.69 Å². The second-order valence-electron chi connectivity index (χ2n) is 7.06. The number of nitrogens with two attached hydrogens (primary N) is 1. The van der Waals surface area contributed by atoms with Gasteiger partial charge in [-0.05, 0) is 50.9 Å². The van der Waals surface area contributed by atoms with Crippen molar-refractivity contribution in [1.82, 2.24) is 15.0 Å². The molecule has 9 heteroatoms. The molecule has 9 nitrogen and oxygen atoms in total. The SMILES string of the molecule is Cc1noc(-c2ccccc2N(CC2CCN(CCC(N)=O)CC2)C(=O)O)n1. The number of carbonyl (C=O) groups excluding carboxylic acids is 1. The third-order valence-electron chi connectivity index (χ3n) is 5.01. The second-order valence-corrected chi connectivity index (χ2v) is 7.06. The maximum atomic E-state index is 12.0. The van der Waals surface area contributed by atoms with E-state index in [4.69, 9.17) is 10.3 Å². The number of aromatic nitrogens is 2. The van der Waals surface area contributed by atoms with E-state index in [-0.39, 0.29) is 11.8 Å². The van der Waals surface area contributed by atoms with Gasteiger partial charge in [0.15, 0.2) is 5.82 Å². The van der Waals surface area contributed by atoms with E-state index in [1.54, 1.807) is 25.1 Å². The lowest BCUT2D eigenvalue weighted by atomic mass is 9.95. The van der Waals surface area contributed by atoms with Crippen molar-refractivity contribution in [3.8, 4) is 11.5 Å². The number of anilines is 1. The van der Waals surface area contributed by atoms with Crippen LogP contribution in [0.25, 0.3) is 11.5 Å². The molecule has 0 spiro atoms. The number of hydrogen-bond acceptors (Lipinski definition) is 6. The average molecular weight is 387 g/mol. The molecule has 28 heavy (non-hydrogen) atoms. The van der Waals surface area contributed by atoms with Gasteiger partial charge in [0.1, 0.15) is 0 Å². The van der Waals surface area contributed by atoms with Crippen molar-refractivity contribution in [2.75, 3.05) is 31.1 Å². The Hall–Kier alpha value is -2.94. The Morgan fingerprint density at radius 3 is 2.64 bits per heavy atom. The smallest absolute Gasteiger partial charge is 0.411 e. The topological polar surface area (TPSA) is 126 Å². The first-order valence-electron chi connectivity index (χ1n) is 9.35. The van der Waals surface area contributed by atoms with Crippen LogP contribution in [0.3, 0.4) is 0 Å².